The second-order valence-corrected chi connectivity index (χ2v) is 8.53. The van der Waals surface area contributed by atoms with Gasteiger partial charge < -0.3 is 4.90 Å². The van der Waals surface area contributed by atoms with Gasteiger partial charge in [-0.25, -0.2) is 17.7 Å². The van der Waals surface area contributed by atoms with Crippen LogP contribution in [0.15, 0.2) is 5.38 Å². The summed E-state index contributed by atoms with van der Waals surface area (Å²) in [4.78, 5) is 18.4. The SMILES string of the molecule is Cc1nc(CN(C)C(=O)C2CCN(S(C)(=O)=O)CC2)cs1. The first-order valence-electron chi connectivity index (χ1n) is 6.88. The van der Waals surface area contributed by atoms with E-state index in [0.717, 1.165) is 10.7 Å². The van der Waals surface area contributed by atoms with Gasteiger partial charge in [0.2, 0.25) is 15.9 Å². The molecule has 0 aliphatic carbocycles. The number of piperidine rings is 1. The molecule has 0 saturated carbocycles. The average molecular weight is 331 g/mol. The molecule has 0 spiro atoms. The first-order chi connectivity index (χ1) is 9.77. The molecular formula is C13H21N3O3S2. The topological polar surface area (TPSA) is 70.6 Å². The summed E-state index contributed by atoms with van der Waals surface area (Å²) >= 11 is 1.57. The molecule has 1 fully saturated rings. The van der Waals surface area contributed by atoms with E-state index in [1.54, 1.807) is 23.3 Å². The molecule has 1 aliphatic heterocycles. The number of aryl methyl sites for hydroxylation is 1. The summed E-state index contributed by atoms with van der Waals surface area (Å²) in [5.74, 6) is -0.0125. The third-order valence-corrected chi connectivity index (χ3v) is 5.84. The lowest BCUT2D eigenvalue weighted by molar-refractivity contribution is -0.136. The Morgan fingerprint density at radius 2 is 2.10 bits per heavy atom. The van der Waals surface area contributed by atoms with Crippen molar-refractivity contribution in [1.82, 2.24) is 14.2 Å². The lowest BCUT2D eigenvalue weighted by Gasteiger charge is -2.31. The Bertz CT molecular complexity index is 604. The Morgan fingerprint density at radius 1 is 1.48 bits per heavy atom. The summed E-state index contributed by atoms with van der Waals surface area (Å²) in [6.07, 6.45) is 2.39. The molecule has 118 valence electrons. The van der Waals surface area contributed by atoms with Gasteiger partial charge in [0.15, 0.2) is 0 Å². The Labute approximate surface area is 129 Å². The van der Waals surface area contributed by atoms with Crippen molar-refractivity contribution in [1.29, 1.82) is 0 Å². The maximum atomic E-state index is 12.4. The highest BCUT2D eigenvalue weighted by Crippen LogP contribution is 2.21. The van der Waals surface area contributed by atoms with Crippen molar-refractivity contribution in [2.75, 3.05) is 26.4 Å². The fourth-order valence-electron chi connectivity index (χ4n) is 2.55. The molecule has 0 aromatic carbocycles. The number of aromatic nitrogens is 1. The van der Waals surface area contributed by atoms with Crippen LogP contribution in [0.5, 0.6) is 0 Å². The molecule has 8 heteroatoms. The number of sulfonamides is 1. The number of nitrogens with zero attached hydrogens (tertiary/aromatic N) is 3. The van der Waals surface area contributed by atoms with Crippen LogP contribution in [0.1, 0.15) is 23.5 Å². The number of carbonyl (C=O) groups is 1. The summed E-state index contributed by atoms with van der Waals surface area (Å²) in [7, 11) is -1.36. The van der Waals surface area contributed by atoms with Crippen LogP contribution in [0.2, 0.25) is 0 Å². The van der Waals surface area contributed by atoms with Gasteiger partial charge >= 0.3 is 0 Å². The van der Waals surface area contributed by atoms with Crippen LogP contribution in [0.4, 0.5) is 0 Å². The molecule has 6 nitrogen and oxygen atoms in total. The standard InChI is InChI=1S/C13H21N3O3S2/c1-10-14-12(9-20-10)8-15(2)13(17)11-4-6-16(7-5-11)21(3,18)19/h9,11H,4-8H2,1-3H3. The number of hydrogen-bond donors (Lipinski definition) is 0. The molecule has 1 amide bonds. The Kier molecular flexibility index (Phi) is 5.00. The lowest BCUT2D eigenvalue weighted by atomic mass is 9.96. The lowest BCUT2D eigenvalue weighted by Crippen LogP contribution is -2.42. The van der Waals surface area contributed by atoms with Crippen molar-refractivity contribution in [3.63, 3.8) is 0 Å². The number of rotatable bonds is 4. The zero-order valence-corrected chi connectivity index (χ0v) is 14.2. The molecule has 0 N–H and O–H groups in total. The van der Waals surface area contributed by atoms with E-state index in [1.165, 1.54) is 10.6 Å². The summed E-state index contributed by atoms with van der Waals surface area (Å²) in [5.41, 5.74) is 0.905. The van der Waals surface area contributed by atoms with E-state index < -0.39 is 10.0 Å². The van der Waals surface area contributed by atoms with Crippen LogP contribution >= 0.6 is 11.3 Å². The molecule has 0 unspecified atom stereocenters. The Hall–Kier alpha value is -0.990. The van der Waals surface area contributed by atoms with E-state index in [9.17, 15) is 13.2 Å². The van der Waals surface area contributed by atoms with Gasteiger partial charge in [-0.2, -0.15) is 0 Å². The number of amides is 1. The van der Waals surface area contributed by atoms with Crippen LogP contribution in [-0.2, 0) is 21.4 Å². The third kappa shape index (κ3) is 4.24. The maximum absolute atomic E-state index is 12.4. The Balaban J connectivity index is 1.89. The summed E-state index contributed by atoms with van der Waals surface area (Å²) in [5, 5.41) is 2.96. The molecule has 2 heterocycles. The van der Waals surface area contributed by atoms with Crippen LogP contribution in [-0.4, -0.2) is 54.9 Å². The van der Waals surface area contributed by atoms with Gasteiger partial charge in [-0.3, -0.25) is 4.79 Å². The molecule has 21 heavy (non-hydrogen) atoms. The molecule has 1 aromatic heterocycles. The fourth-order valence-corrected chi connectivity index (χ4v) is 4.03. The van der Waals surface area contributed by atoms with Crippen molar-refractivity contribution in [3.05, 3.63) is 16.1 Å². The highest BCUT2D eigenvalue weighted by atomic mass is 32.2. The summed E-state index contributed by atoms with van der Waals surface area (Å²) < 4.78 is 24.4. The van der Waals surface area contributed by atoms with Crippen molar-refractivity contribution in [2.24, 2.45) is 5.92 Å². The van der Waals surface area contributed by atoms with E-state index in [0.29, 0.717) is 32.5 Å². The summed E-state index contributed by atoms with van der Waals surface area (Å²) in [6.45, 7) is 3.31. The van der Waals surface area contributed by atoms with Crippen molar-refractivity contribution >= 4 is 27.3 Å². The maximum Gasteiger partial charge on any atom is 0.225 e. The van der Waals surface area contributed by atoms with Crippen LogP contribution in [0.3, 0.4) is 0 Å². The predicted molar refractivity (Wildman–Crippen MR) is 82.5 cm³/mol. The molecule has 1 aliphatic rings. The van der Waals surface area contributed by atoms with Gasteiger partial charge in [0.05, 0.1) is 23.5 Å². The monoisotopic (exact) mass is 331 g/mol. The second-order valence-electron chi connectivity index (χ2n) is 5.49. The smallest absolute Gasteiger partial charge is 0.225 e. The molecule has 1 saturated heterocycles. The first-order valence-corrected chi connectivity index (χ1v) is 9.61. The van der Waals surface area contributed by atoms with Gasteiger partial charge in [-0.1, -0.05) is 0 Å². The zero-order valence-electron chi connectivity index (χ0n) is 12.6. The first kappa shape index (κ1) is 16.4. The van der Waals surface area contributed by atoms with E-state index >= 15 is 0 Å². The fraction of sp³-hybridized carbons (Fsp3) is 0.692. The van der Waals surface area contributed by atoms with Gasteiger partial charge in [0, 0.05) is 31.4 Å². The number of hydrogen-bond acceptors (Lipinski definition) is 5. The summed E-state index contributed by atoms with van der Waals surface area (Å²) in [6, 6.07) is 0. The van der Waals surface area contributed by atoms with Crippen molar-refractivity contribution in [2.45, 2.75) is 26.3 Å². The van der Waals surface area contributed by atoms with Gasteiger partial charge in [0.1, 0.15) is 0 Å². The zero-order chi connectivity index (χ0) is 15.6. The van der Waals surface area contributed by atoms with E-state index in [4.69, 9.17) is 0 Å². The molecule has 2 rings (SSSR count). The highest BCUT2D eigenvalue weighted by molar-refractivity contribution is 7.88. The van der Waals surface area contributed by atoms with E-state index in [1.807, 2.05) is 12.3 Å². The van der Waals surface area contributed by atoms with Gasteiger partial charge in [-0.05, 0) is 19.8 Å². The molecule has 1 aromatic rings. The third-order valence-electron chi connectivity index (χ3n) is 3.71. The van der Waals surface area contributed by atoms with Crippen molar-refractivity contribution in [3.8, 4) is 0 Å². The largest absolute Gasteiger partial charge is 0.340 e. The van der Waals surface area contributed by atoms with E-state index in [-0.39, 0.29) is 11.8 Å². The van der Waals surface area contributed by atoms with E-state index in [2.05, 4.69) is 4.98 Å². The molecule has 0 radical (unpaired) electrons. The van der Waals surface area contributed by atoms with Crippen LogP contribution in [0.25, 0.3) is 0 Å². The average Bonchev–Trinajstić information content (AvgIpc) is 2.82. The van der Waals surface area contributed by atoms with Crippen LogP contribution < -0.4 is 0 Å². The number of thiazole rings is 1. The van der Waals surface area contributed by atoms with Gasteiger partial charge in [0.25, 0.3) is 0 Å². The minimum absolute atomic E-state index is 0.0776. The predicted octanol–water partition coefficient (Wildman–Crippen LogP) is 1.08. The van der Waals surface area contributed by atoms with Crippen molar-refractivity contribution < 1.29 is 13.2 Å². The minimum Gasteiger partial charge on any atom is -0.340 e. The number of carbonyl (C=O) groups excluding carboxylic acids is 1. The Morgan fingerprint density at radius 3 is 2.57 bits per heavy atom. The quantitative estimate of drug-likeness (QED) is 0.828. The molecular weight excluding hydrogens is 310 g/mol. The van der Waals surface area contributed by atoms with Crippen LogP contribution in [0, 0.1) is 12.8 Å². The highest BCUT2D eigenvalue weighted by Gasteiger charge is 2.30. The molecule has 0 atom stereocenters. The van der Waals surface area contributed by atoms with Gasteiger partial charge in [-0.15, -0.1) is 11.3 Å². The molecule has 0 bridgehead atoms. The normalized spacial score (nSPS) is 17.9. The second kappa shape index (κ2) is 6.41. The minimum atomic E-state index is -3.14.